The third-order valence-electron chi connectivity index (χ3n) is 4.73. The van der Waals surface area contributed by atoms with Gasteiger partial charge in [-0.3, -0.25) is 9.59 Å². The maximum Gasteiger partial charge on any atom is 0.251 e. The highest BCUT2D eigenvalue weighted by Gasteiger charge is 2.19. The number of nitrogens with one attached hydrogen (secondary N) is 2. The van der Waals surface area contributed by atoms with Crippen LogP contribution in [-0.4, -0.2) is 36.3 Å². The van der Waals surface area contributed by atoms with E-state index in [1.54, 1.807) is 24.5 Å². The molecule has 1 aromatic carbocycles. The molecular weight excluding hydrogens is 330 g/mol. The monoisotopic (exact) mass is 355 g/mol. The van der Waals surface area contributed by atoms with E-state index < -0.39 is 0 Å². The highest BCUT2D eigenvalue weighted by Crippen LogP contribution is 2.16. The van der Waals surface area contributed by atoms with Crippen LogP contribution < -0.4 is 10.6 Å². The van der Waals surface area contributed by atoms with Crippen LogP contribution in [0.1, 0.15) is 35.9 Å². The zero-order valence-corrected chi connectivity index (χ0v) is 15.0. The molecule has 6 heteroatoms. The topological polar surface area (TPSA) is 74.6 Å². The van der Waals surface area contributed by atoms with E-state index in [0.717, 1.165) is 31.6 Å². The first-order valence-corrected chi connectivity index (χ1v) is 9.04. The molecule has 0 saturated carbocycles. The van der Waals surface area contributed by atoms with Crippen molar-refractivity contribution < 1.29 is 14.0 Å². The lowest BCUT2D eigenvalue weighted by Crippen LogP contribution is -2.40. The van der Waals surface area contributed by atoms with E-state index in [0.29, 0.717) is 23.8 Å². The van der Waals surface area contributed by atoms with E-state index in [1.807, 2.05) is 23.1 Å². The van der Waals surface area contributed by atoms with Crippen LogP contribution in [0.3, 0.4) is 0 Å². The van der Waals surface area contributed by atoms with E-state index in [9.17, 15) is 9.59 Å². The number of nitrogens with zero attached hydrogens (tertiary/aromatic N) is 1. The average molecular weight is 355 g/mol. The molecule has 6 nitrogen and oxygen atoms in total. The van der Waals surface area contributed by atoms with Crippen molar-refractivity contribution in [2.24, 2.45) is 5.92 Å². The Morgan fingerprint density at radius 2 is 1.88 bits per heavy atom. The Kier molecular flexibility index (Phi) is 5.94. The molecule has 26 heavy (non-hydrogen) atoms. The van der Waals surface area contributed by atoms with Crippen molar-refractivity contribution in [1.82, 2.24) is 10.2 Å². The number of anilines is 1. The van der Waals surface area contributed by atoms with Gasteiger partial charge in [-0.2, -0.15) is 0 Å². The summed E-state index contributed by atoms with van der Waals surface area (Å²) in [5.41, 5.74) is 1.39. The van der Waals surface area contributed by atoms with Gasteiger partial charge >= 0.3 is 0 Å². The van der Waals surface area contributed by atoms with E-state index in [4.69, 9.17) is 4.42 Å². The fourth-order valence-electron chi connectivity index (χ4n) is 2.97. The second kappa shape index (κ2) is 8.56. The predicted molar refractivity (Wildman–Crippen MR) is 99.8 cm³/mol. The van der Waals surface area contributed by atoms with Crippen molar-refractivity contribution in [3.63, 3.8) is 0 Å². The predicted octanol–water partition coefficient (Wildman–Crippen LogP) is 2.88. The van der Waals surface area contributed by atoms with Gasteiger partial charge in [0, 0.05) is 24.3 Å². The fraction of sp³-hybridized carbons (Fsp3) is 0.400. The van der Waals surface area contributed by atoms with Crippen molar-refractivity contribution in [2.75, 3.05) is 25.0 Å². The van der Waals surface area contributed by atoms with E-state index in [1.165, 1.54) is 0 Å². The lowest BCUT2D eigenvalue weighted by atomic mass is 9.99. The van der Waals surface area contributed by atoms with Gasteiger partial charge in [-0.05, 0) is 55.2 Å². The minimum Gasteiger partial charge on any atom is -0.467 e. The molecule has 3 rings (SSSR count). The molecule has 1 aromatic heterocycles. The van der Waals surface area contributed by atoms with Crippen molar-refractivity contribution in [1.29, 1.82) is 0 Å². The number of benzene rings is 1. The molecule has 0 bridgehead atoms. The standard InChI is InChI=1S/C20H25N3O3/c1-15-8-10-23(11-9-15)19(24)14-21-17-6-4-16(5-7-17)20(25)22-13-18-3-2-12-26-18/h2-7,12,15,21H,8-11,13-14H2,1H3,(H,22,25). The van der Waals surface area contributed by atoms with Crippen LogP contribution >= 0.6 is 0 Å². The Hall–Kier alpha value is -2.76. The lowest BCUT2D eigenvalue weighted by Gasteiger charge is -2.30. The highest BCUT2D eigenvalue weighted by molar-refractivity contribution is 5.94. The number of hydrogen-bond donors (Lipinski definition) is 2. The third-order valence-corrected chi connectivity index (χ3v) is 4.73. The van der Waals surface area contributed by atoms with Crippen molar-refractivity contribution in [3.05, 3.63) is 54.0 Å². The van der Waals surface area contributed by atoms with Crippen molar-refractivity contribution in [3.8, 4) is 0 Å². The summed E-state index contributed by atoms with van der Waals surface area (Å²) in [5, 5.41) is 5.94. The van der Waals surface area contributed by atoms with Crippen molar-refractivity contribution in [2.45, 2.75) is 26.3 Å². The van der Waals surface area contributed by atoms with Crippen LogP contribution in [-0.2, 0) is 11.3 Å². The van der Waals surface area contributed by atoms with Gasteiger partial charge in [0.1, 0.15) is 5.76 Å². The minimum absolute atomic E-state index is 0.122. The molecule has 0 aliphatic carbocycles. The van der Waals surface area contributed by atoms with Crippen LogP contribution in [0.2, 0.25) is 0 Å². The first-order valence-electron chi connectivity index (χ1n) is 9.04. The Labute approximate surface area is 153 Å². The Balaban J connectivity index is 1.45. The quantitative estimate of drug-likeness (QED) is 0.836. The summed E-state index contributed by atoms with van der Waals surface area (Å²) in [7, 11) is 0. The first kappa shape index (κ1) is 18.0. The molecule has 0 atom stereocenters. The number of furan rings is 1. The number of piperidine rings is 1. The third kappa shape index (κ3) is 4.88. The summed E-state index contributed by atoms with van der Waals surface area (Å²) in [6.07, 6.45) is 3.73. The van der Waals surface area contributed by atoms with Gasteiger partial charge in [-0.15, -0.1) is 0 Å². The molecule has 2 aromatic rings. The highest BCUT2D eigenvalue weighted by atomic mass is 16.3. The van der Waals surface area contributed by atoms with Gasteiger partial charge in [-0.1, -0.05) is 6.92 Å². The normalized spacial score (nSPS) is 14.9. The van der Waals surface area contributed by atoms with Crippen LogP contribution in [0.5, 0.6) is 0 Å². The van der Waals surface area contributed by atoms with Gasteiger partial charge < -0.3 is 20.0 Å². The first-order chi connectivity index (χ1) is 12.6. The number of likely N-dealkylation sites (tertiary alicyclic amines) is 1. The minimum atomic E-state index is -0.161. The van der Waals surface area contributed by atoms with E-state index in [2.05, 4.69) is 17.6 Å². The summed E-state index contributed by atoms with van der Waals surface area (Å²) in [6, 6.07) is 10.7. The number of amides is 2. The molecule has 1 fully saturated rings. The Bertz CT molecular complexity index is 717. The lowest BCUT2D eigenvalue weighted by molar-refractivity contribution is -0.130. The van der Waals surface area contributed by atoms with Gasteiger partial charge in [0.25, 0.3) is 5.91 Å². The SMILES string of the molecule is CC1CCN(C(=O)CNc2ccc(C(=O)NCc3ccco3)cc2)CC1. The van der Waals surface area contributed by atoms with Crippen LogP contribution in [0, 0.1) is 5.92 Å². The molecule has 2 N–H and O–H groups in total. The molecular formula is C20H25N3O3. The van der Waals surface area contributed by atoms with Crippen LogP contribution in [0.4, 0.5) is 5.69 Å². The Morgan fingerprint density at radius 3 is 2.54 bits per heavy atom. The summed E-state index contributed by atoms with van der Waals surface area (Å²) in [4.78, 5) is 26.3. The van der Waals surface area contributed by atoms with Gasteiger partial charge in [0.05, 0.1) is 19.4 Å². The summed E-state index contributed by atoms with van der Waals surface area (Å²) >= 11 is 0. The van der Waals surface area contributed by atoms with Crippen molar-refractivity contribution >= 4 is 17.5 Å². The van der Waals surface area contributed by atoms with E-state index in [-0.39, 0.29) is 18.4 Å². The Morgan fingerprint density at radius 1 is 1.15 bits per heavy atom. The molecule has 0 unspecified atom stereocenters. The molecule has 2 amide bonds. The smallest absolute Gasteiger partial charge is 0.251 e. The fourth-order valence-corrected chi connectivity index (χ4v) is 2.97. The second-order valence-corrected chi connectivity index (χ2v) is 6.76. The number of carbonyl (C=O) groups is 2. The van der Waals surface area contributed by atoms with Gasteiger partial charge in [0.15, 0.2) is 0 Å². The summed E-state index contributed by atoms with van der Waals surface area (Å²) < 4.78 is 5.19. The van der Waals surface area contributed by atoms with E-state index >= 15 is 0 Å². The summed E-state index contributed by atoms with van der Waals surface area (Å²) in [5.74, 6) is 1.38. The molecule has 1 aliphatic rings. The van der Waals surface area contributed by atoms with Gasteiger partial charge in [0.2, 0.25) is 5.91 Å². The van der Waals surface area contributed by atoms with Gasteiger partial charge in [-0.25, -0.2) is 0 Å². The molecule has 138 valence electrons. The molecule has 0 radical (unpaired) electrons. The van der Waals surface area contributed by atoms with Crippen LogP contribution in [0.25, 0.3) is 0 Å². The molecule has 0 spiro atoms. The maximum absolute atomic E-state index is 12.2. The zero-order valence-electron chi connectivity index (χ0n) is 15.0. The number of carbonyl (C=O) groups excluding carboxylic acids is 2. The molecule has 2 heterocycles. The second-order valence-electron chi connectivity index (χ2n) is 6.76. The average Bonchev–Trinajstić information content (AvgIpc) is 3.19. The molecule has 1 saturated heterocycles. The zero-order chi connectivity index (χ0) is 18.4. The summed E-state index contributed by atoms with van der Waals surface area (Å²) in [6.45, 7) is 4.55. The van der Waals surface area contributed by atoms with Crippen LogP contribution in [0.15, 0.2) is 47.1 Å². The number of hydrogen-bond acceptors (Lipinski definition) is 4. The molecule has 1 aliphatic heterocycles. The maximum atomic E-state index is 12.2. The number of rotatable bonds is 6. The largest absolute Gasteiger partial charge is 0.467 e.